The van der Waals surface area contributed by atoms with Crippen LogP contribution >= 0.6 is 15.9 Å². The molecule has 0 radical (unpaired) electrons. The number of halogens is 1. The lowest BCUT2D eigenvalue weighted by molar-refractivity contribution is -0.116. The van der Waals surface area contributed by atoms with Crippen LogP contribution in [-0.2, 0) is 21.2 Å². The third-order valence-corrected chi connectivity index (χ3v) is 9.53. The molecule has 1 aliphatic carbocycles. The lowest BCUT2D eigenvalue weighted by Gasteiger charge is -2.40. The number of carbonyl (C=O) groups excluding carboxylic acids is 1. The largest absolute Gasteiger partial charge is 0.309 e. The van der Waals surface area contributed by atoms with Crippen molar-refractivity contribution in [3.63, 3.8) is 0 Å². The van der Waals surface area contributed by atoms with E-state index >= 15 is 0 Å². The molecular formula is C21H30BrN3O3S. The molecule has 1 atom stereocenters. The van der Waals surface area contributed by atoms with E-state index in [1.54, 1.807) is 15.3 Å². The molecule has 0 N–H and O–H groups in total. The number of piperazine rings is 1. The molecule has 2 fully saturated rings. The molecule has 0 unspecified atom stereocenters. The number of benzene rings is 1. The van der Waals surface area contributed by atoms with Gasteiger partial charge in [0.25, 0.3) is 0 Å². The Bertz CT molecular complexity index is 891. The molecule has 1 saturated heterocycles. The van der Waals surface area contributed by atoms with Gasteiger partial charge in [-0.15, -0.1) is 0 Å². The first-order chi connectivity index (χ1) is 13.8. The molecule has 0 aromatic heterocycles. The first-order valence-electron chi connectivity index (χ1n) is 10.7. The quantitative estimate of drug-likeness (QED) is 0.660. The zero-order valence-corrected chi connectivity index (χ0v) is 19.6. The number of hydrogen-bond acceptors (Lipinski definition) is 4. The summed E-state index contributed by atoms with van der Waals surface area (Å²) < 4.78 is 29.0. The van der Waals surface area contributed by atoms with E-state index in [1.165, 1.54) is 39.0 Å². The highest BCUT2D eigenvalue weighted by Gasteiger charge is 2.36. The van der Waals surface area contributed by atoms with Crippen molar-refractivity contribution in [2.75, 3.05) is 31.1 Å². The maximum atomic E-state index is 13.4. The third-order valence-electron chi connectivity index (χ3n) is 6.67. The molecule has 1 aromatic rings. The van der Waals surface area contributed by atoms with Crippen LogP contribution in [0.15, 0.2) is 21.5 Å². The summed E-state index contributed by atoms with van der Waals surface area (Å²) in [5.41, 5.74) is 1.74. The topological polar surface area (TPSA) is 60.9 Å². The van der Waals surface area contributed by atoms with Crippen molar-refractivity contribution in [1.82, 2.24) is 9.21 Å². The molecule has 1 amide bonds. The van der Waals surface area contributed by atoms with Gasteiger partial charge in [0.15, 0.2) is 0 Å². The van der Waals surface area contributed by atoms with E-state index in [2.05, 4.69) is 20.8 Å². The van der Waals surface area contributed by atoms with Gasteiger partial charge in [-0.2, -0.15) is 4.31 Å². The molecule has 1 saturated carbocycles. The summed E-state index contributed by atoms with van der Waals surface area (Å²) in [6.45, 7) is 6.16. The highest BCUT2D eigenvalue weighted by atomic mass is 79.9. The lowest BCUT2D eigenvalue weighted by Crippen LogP contribution is -2.52. The Morgan fingerprint density at radius 1 is 1.07 bits per heavy atom. The fourth-order valence-electron chi connectivity index (χ4n) is 5.19. The molecular weight excluding hydrogens is 454 g/mol. The Morgan fingerprint density at radius 2 is 1.72 bits per heavy atom. The molecule has 3 aliphatic rings. The maximum absolute atomic E-state index is 13.4. The first-order valence-corrected chi connectivity index (χ1v) is 12.9. The van der Waals surface area contributed by atoms with Gasteiger partial charge in [-0.3, -0.25) is 9.69 Å². The number of nitrogens with zero attached hydrogens (tertiary/aromatic N) is 3. The first kappa shape index (κ1) is 21.3. The Kier molecular flexibility index (Phi) is 6.08. The van der Waals surface area contributed by atoms with Gasteiger partial charge in [0.1, 0.15) is 0 Å². The maximum Gasteiger partial charge on any atom is 0.244 e. The van der Waals surface area contributed by atoms with Crippen molar-refractivity contribution in [2.45, 2.75) is 69.4 Å². The minimum Gasteiger partial charge on any atom is -0.309 e. The molecule has 8 heteroatoms. The van der Waals surface area contributed by atoms with Crippen LogP contribution in [0.4, 0.5) is 5.69 Å². The van der Waals surface area contributed by atoms with Gasteiger partial charge >= 0.3 is 0 Å². The average Bonchev–Trinajstić information content (AvgIpc) is 3.02. The van der Waals surface area contributed by atoms with Crippen LogP contribution in [0, 0.1) is 0 Å². The SMILES string of the molecule is CC(=O)N1c2cc(S(=O)(=O)N3CCN(C4CCCCC4)CC3)c(Br)cc2C[C@@H]1C. The fraction of sp³-hybridized carbons (Fsp3) is 0.667. The predicted molar refractivity (Wildman–Crippen MR) is 118 cm³/mol. The highest BCUT2D eigenvalue weighted by Crippen LogP contribution is 2.39. The van der Waals surface area contributed by atoms with E-state index in [9.17, 15) is 13.2 Å². The molecule has 1 aromatic carbocycles. The number of hydrogen-bond donors (Lipinski definition) is 0. The summed E-state index contributed by atoms with van der Waals surface area (Å²) in [7, 11) is -3.61. The molecule has 29 heavy (non-hydrogen) atoms. The second-order valence-electron chi connectivity index (χ2n) is 8.59. The van der Waals surface area contributed by atoms with Crippen molar-refractivity contribution in [2.24, 2.45) is 0 Å². The number of sulfonamides is 1. The average molecular weight is 484 g/mol. The van der Waals surface area contributed by atoms with E-state index in [4.69, 9.17) is 0 Å². The molecule has 0 bridgehead atoms. The van der Waals surface area contributed by atoms with E-state index in [1.807, 2.05) is 13.0 Å². The second kappa shape index (κ2) is 8.29. The van der Waals surface area contributed by atoms with Crippen LogP contribution in [0.5, 0.6) is 0 Å². The van der Waals surface area contributed by atoms with E-state index < -0.39 is 10.0 Å². The van der Waals surface area contributed by atoms with Crippen LogP contribution < -0.4 is 4.90 Å². The lowest BCUT2D eigenvalue weighted by atomic mass is 9.94. The summed E-state index contributed by atoms with van der Waals surface area (Å²) in [6, 6.07) is 4.23. The van der Waals surface area contributed by atoms with Crippen molar-refractivity contribution in [3.8, 4) is 0 Å². The van der Waals surface area contributed by atoms with Crippen LogP contribution in [0.2, 0.25) is 0 Å². The Hall–Kier alpha value is -0.960. The smallest absolute Gasteiger partial charge is 0.244 e. The Morgan fingerprint density at radius 3 is 2.34 bits per heavy atom. The van der Waals surface area contributed by atoms with Crippen LogP contribution in [0.25, 0.3) is 0 Å². The summed E-state index contributed by atoms with van der Waals surface area (Å²) in [5, 5.41) is 0. The van der Waals surface area contributed by atoms with Gasteiger partial charge in [-0.25, -0.2) is 8.42 Å². The van der Waals surface area contributed by atoms with Crippen LogP contribution in [0.3, 0.4) is 0 Å². The summed E-state index contributed by atoms with van der Waals surface area (Å²) in [6.07, 6.45) is 7.12. The molecule has 2 aliphatic heterocycles. The van der Waals surface area contributed by atoms with Crippen molar-refractivity contribution >= 4 is 37.5 Å². The molecule has 2 heterocycles. The fourth-order valence-corrected chi connectivity index (χ4v) is 7.68. The van der Waals surface area contributed by atoms with Gasteiger partial charge in [0, 0.05) is 55.3 Å². The number of rotatable bonds is 3. The molecule has 160 valence electrons. The summed E-state index contributed by atoms with van der Waals surface area (Å²) in [5.74, 6) is -0.0528. The number of amides is 1. The van der Waals surface area contributed by atoms with Crippen LogP contribution in [-0.4, -0.2) is 61.8 Å². The summed E-state index contributed by atoms with van der Waals surface area (Å²) >= 11 is 3.48. The number of carbonyl (C=O) groups is 1. The predicted octanol–water partition coefficient (Wildman–Crippen LogP) is 3.39. The second-order valence-corrected chi connectivity index (χ2v) is 11.3. The van der Waals surface area contributed by atoms with Crippen molar-refractivity contribution in [3.05, 3.63) is 22.2 Å². The number of anilines is 1. The minimum absolute atomic E-state index is 0.0476. The molecule has 0 spiro atoms. The highest BCUT2D eigenvalue weighted by molar-refractivity contribution is 9.10. The van der Waals surface area contributed by atoms with E-state index in [0.29, 0.717) is 23.6 Å². The Labute approximate surface area is 182 Å². The molecule has 6 nitrogen and oxygen atoms in total. The normalized spacial score (nSPS) is 24.7. The molecule has 4 rings (SSSR count). The van der Waals surface area contributed by atoms with Gasteiger partial charge in [-0.1, -0.05) is 19.3 Å². The van der Waals surface area contributed by atoms with Gasteiger partial charge in [0.2, 0.25) is 15.9 Å². The van der Waals surface area contributed by atoms with Crippen LogP contribution in [0.1, 0.15) is 51.5 Å². The third kappa shape index (κ3) is 4.01. The standard InChI is InChI=1S/C21H30BrN3O3S/c1-15-12-17-13-19(22)21(14-20(17)25(15)16(2)26)29(27,28)24-10-8-23(9-11-24)18-6-4-3-5-7-18/h13-15,18H,3-12H2,1-2H3/t15-/m0/s1. The Balaban J connectivity index is 1.55. The zero-order valence-electron chi connectivity index (χ0n) is 17.2. The monoisotopic (exact) mass is 483 g/mol. The van der Waals surface area contributed by atoms with Gasteiger partial charge < -0.3 is 4.90 Å². The minimum atomic E-state index is -3.61. The van der Waals surface area contributed by atoms with E-state index in [-0.39, 0.29) is 16.8 Å². The van der Waals surface area contributed by atoms with Gasteiger partial charge in [-0.05, 0) is 59.8 Å². The van der Waals surface area contributed by atoms with Gasteiger partial charge in [0.05, 0.1) is 4.90 Å². The van der Waals surface area contributed by atoms with E-state index in [0.717, 1.165) is 30.8 Å². The summed E-state index contributed by atoms with van der Waals surface area (Å²) in [4.78, 5) is 16.6. The van der Waals surface area contributed by atoms with Crippen molar-refractivity contribution < 1.29 is 13.2 Å². The van der Waals surface area contributed by atoms with Crippen molar-refractivity contribution in [1.29, 1.82) is 0 Å². The number of fused-ring (bicyclic) bond motifs is 1. The zero-order chi connectivity index (χ0) is 20.8.